The van der Waals surface area contributed by atoms with E-state index in [1.165, 1.54) is 0 Å². The molecule has 0 aliphatic carbocycles. The van der Waals surface area contributed by atoms with Crippen LogP contribution in [0.1, 0.15) is 18.2 Å². The fraction of sp³-hybridized carbons (Fsp3) is 0.208. The van der Waals surface area contributed by atoms with Crippen molar-refractivity contribution in [3.63, 3.8) is 0 Å². The average molecular weight is 400 g/mol. The monoisotopic (exact) mass is 400 g/mol. The number of anilines is 1. The molecule has 1 amide bonds. The Balaban J connectivity index is 1.65. The predicted molar refractivity (Wildman–Crippen MR) is 119 cm³/mol. The van der Waals surface area contributed by atoms with Gasteiger partial charge in [0.05, 0.1) is 11.1 Å². The molecule has 152 valence electrons. The molecular weight excluding hydrogens is 376 g/mol. The van der Waals surface area contributed by atoms with Crippen LogP contribution in [0.25, 0.3) is 22.2 Å². The lowest BCUT2D eigenvalue weighted by molar-refractivity contribution is -0.122. The molecule has 0 aliphatic rings. The molecule has 0 unspecified atom stereocenters. The number of hydrogen-bond donors (Lipinski definition) is 1. The van der Waals surface area contributed by atoms with Gasteiger partial charge in [0, 0.05) is 18.8 Å². The van der Waals surface area contributed by atoms with Gasteiger partial charge in [-0.15, -0.1) is 0 Å². The number of pyridine rings is 1. The van der Waals surface area contributed by atoms with Gasteiger partial charge in [-0.1, -0.05) is 48.0 Å². The van der Waals surface area contributed by atoms with E-state index in [4.69, 9.17) is 4.74 Å². The van der Waals surface area contributed by atoms with Gasteiger partial charge in [0.2, 0.25) is 5.88 Å². The number of fused-ring (bicyclic) bond motifs is 1. The number of amides is 1. The maximum absolute atomic E-state index is 12.6. The number of ether oxygens (including phenoxy) is 1. The third-order valence-electron chi connectivity index (χ3n) is 5.02. The van der Waals surface area contributed by atoms with Crippen LogP contribution in [0.2, 0.25) is 0 Å². The van der Waals surface area contributed by atoms with Gasteiger partial charge < -0.3 is 10.1 Å². The van der Waals surface area contributed by atoms with Crippen molar-refractivity contribution in [1.82, 2.24) is 14.8 Å². The van der Waals surface area contributed by atoms with Crippen molar-refractivity contribution >= 4 is 22.6 Å². The largest absolute Gasteiger partial charge is 0.464 e. The molecule has 0 fully saturated rings. The zero-order chi connectivity index (χ0) is 21.3. The molecule has 1 N–H and O–H groups in total. The van der Waals surface area contributed by atoms with Crippen molar-refractivity contribution in [3.8, 4) is 17.0 Å². The van der Waals surface area contributed by atoms with E-state index in [2.05, 4.69) is 15.4 Å². The van der Waals surface area contributed by atoms with Crippen LogP contribution in [-0.2, 0) is 11.8 Å². The lowest BCUT2D eigenvalue weighted by Gasteiger charge is -2.15. The second-order valence-electron chi connectivity index (χ2n) is 7.40. The van der Waals surface area contributed by atoms with Gasteiger partial charge >= 0.3 is 0 Å². The fourth-order valence-electron chi connectivity index (χ4n) is 3.44. The highest BCUT2D eigenvalue weighted by molar-refractivity contribution is 5.96. The van der Waals surface area contributed by atoms with E-state index in [1.807, 2.05) is 81.6 Å². The molecule has 4 rings (SSSR count). The molecule has 6 nitrogen and oxygen atoms in total. The summed E-state index contributed by atoms with van der Waals surface area (Å²) >= 11 is 0. The first-order chi connectivity index (χ1) is 14.4. The Morgan fingerprint density at radius 2 is 1.77 bits per heavy atom. The first-order valence-electron chi connectivity index (χ1n) is 9.86. The molecule has 1 atom stereocenters. The normalized spacial score (nSPS) is 12.0. The lowest BCUT2D eigenvalue weighted by Crippen LogP contribution is -2.30. The molecule has 0 saturated carbocycles. The Hall–Kier alpha value is -3.67. The zero-order valence-corrected chi connectivity index (χ0v) is 17.5. The molecule has 0 aliphatic heterocycles. The maximum atomic E-state index is 12.6. The number of rotatable bonds is 5. The Morgan fingerprint density at radius 1 is 1.07 bits per heavy atom. The number of aromatic nitrogens is 3. The third-order valence-corrected chi connectivity index (χ3v) is 5.02. The predicted octanol–water partition coefficient (Wildman–Crippen LogP) is 4.66. The van der Waals surface area contributed by atoms with Gasteiger partial charge in [-0.3, -0.25) is 9.48 Å². The Morgan fingerprint density at radius 3 is 2.47 bits per heavy atom. The maximum Gasteiger partial charge on any atom is 0.265 e. The highest BCUT2D eigenvalue weighted by Gasteiger charge is 2.19. The van der Waals surface area contributed by atoms with E-state index in [9.17, 15) is 4.79 Å². The van der Waals surface area contributed by atoms with Crippen LogP contribution in [0.5, 0.6) is 5.88 Å². The smallest absolute Gasteiger partial charge is 0.265 e. The number of hydrogen-bond acceptors (Lipinski definition) is 4. The summed E-state index contributed by atoms with van der Waals surface area (Å²) in [5.74, 6) is 0.152. The van der Waals surface area contributed by atoms with E-state index in [0.717, 1.165) is 39.1 Å². The molecule has 6 heteroatoms. The first-order valence-corrected chi connectivity index (χ1v) is 9.86. The fourth-order valence-corrected chi connectivity index (χ4v) is 3.44. The Kier molecular flexibility index (Phi) is 5.23. The number of carbonyl (C=O) groups excluding carboxylic acids is 1. The molecule has 2 aromatic heterocycles. The average Bonchev–Trinajstić information content (AvgIpc) is 3.03. The van der Waals surface area contributed by atoms with Gasteiger partial charge in [0.15, 0.2) is 11.8 Å². The summed E-state index contributed by atoms with van der Waals surface area (Å²) in [4.78, 5) is 17.2. The minimum Gasteiger partial charge on any atom is -0.464 e. The Bertz CT molecular complexity index is 1200. The van der Waals surface area contributed by atoms with E-state index in [0.29, 0.717) is 5.88 Å². The molecule has 2 heterocycles. The molecule has 0 saturated heterocycles. The standard InChI is InChI=1S/C24H24N4O2/c1-15-10-12-19(13-11-15)25-24(29)17(3)30-21-14-20(18-8-6-5-7-9-18)22-16(2)27-28(4)23(22)26-21/h5-14,17H,1-4H3,(H,25,29)/t17-/m1/s1. The number of aryl methyl sites for hydroxylation is 3. The quantitative estimate of drug-likeness (QED) is 0.529. The molecule has 0 spiro atoms. The lowest BCUT2D eigenvalue weighted by atomic mass is 10.0. The summed E-state index contributed by atoms with van der Waals surface area (Å²) < 4.78 is 7.68. The van der Waals surface area contributed by atoms with Crippen molar-refractivity contribution in [2.75, 3.05) is 5.32 Å². The summed E-state index contributed by atoms with van der Waals surface area (Å²) in [5, 5.41) is 8.37. The van der Waals surface area contributed by atoms with E-state index < -0.39 is 6.10 Å². The molecule has 0 bridgehead atoms. The molecule has 0 radical (unpaired) electrons. The summed E-state index contributed by atoms with van der Waals surface area (Å²) in [7, 11) is 1.86. The topological polar surface area (TPSA) is 69.0 Å². The van der Waals surface area contributed by atoms with Gasteiger partial charge in [-0.2, -0.15) is 10.1 Å². The van der Waals surface area contributed by atoms with Gasteiger partial charge in [0.25, 0.3) is 5.91 Å². The minimum atomic E-state index is -0.714. The van der Waals surface area contributed by atoms with Gasteiger partial charge in [-0.25, -0.2) is 0 Å². The Labute approximate surface area is 175 Å². The van der Waals surface area contributed by atoms with Crippen molar-refractivity contribution in [2.24, 2.45) is 7.05 Å². The van der Waals surface area contributed by atoms with Crippen LogP contribution in [0, 0.1) is 13.8 Å². The summed E-state index contributed by atoms with van der Waals surface area (Å²) in [5.41, 5.74) is 5.51. The van der Waals surface area contributed by atoms with Crippen LogP contribution < -0.4 is 10.1 Å². The van der Waals surface area contributed by atoms with Crippen LogP contribution in [-0.4, -0.2) is 26.8 Å². The van der Waals surface area contributed by atoms with E-state index in [-0.39, 0.29) is 5.91 Å². The zero-order valence-electron chi connectivity index (χ0n) is 17.5. The molecular formula is C24H24N4O2. The van der Waals surface area contributed by atoms with Crippen molar-refractivity contribution in [2.45, 2.75) is 26.9 Å². The molecule has 2 aromatic carbocycles. The second-order valence-corrected chi connectivity index (χ2v) is 7.40. The van der Waals surface area contributed by atoms with E-state index >= 15 is 0 Å². The SMILES string of the molecule is Cc1ccc(NC(=O)[C@@H](C)Oc2cc(-c3ccccc3)c3c(C)nn(C)c3n2)cc1. The number of nitrogens with one attached hydrogen (secondary N) is 1. The van der Waals surface area contributed by atoms with Gasteiger partial charge in [-0.05, 0) is 44.0 Å². The van der Waals surface area contributed by atoms with E-state index in [1.54, 1.807) is 11.6 Å². The van der Waals surface area contributed by atoms with Crippen molar-refractivity contribution < 1.29 is 9.53 Å². The van der Waals surface area contributed by atoms with Crippen LogP contribution in [0.3, 0.4) is 0 Å². The van der Waals surface area contributed by atoms with Gasteiger partial charge in [0.1, 0.15) is 0 Å². The summed E-state index contributed by atoms with van der Waals surface area (Å²) in [6.07, 6.45) is -0.714. The second kappa shape index (κ2) is 7.99. The highest BCUT2D eigenvalue weighted by Crippen LogP contribution is 2.33. The number of carbonyl (C=O) groups is 1. The highest BCUT2D eigenvalue weighted by atomic mass is 16.5. The summed E-state index contributed by atoms with van der Waals surface area (Å²) in [6, 6.07) is 19.6. The summed E-state index contributed by atoms with van der Waals surface area (Å²) in [6.45, 7) is 5.68. The minimum absolute atomic E-state index is 0.233. The van der Waals surface area contributed by atoms with Crippen LogP contribution in [0.4, 0.5) is 5.69 Å². The first kappa shape index (κ1) is 19.6. The van der Waals surface area contributed by atoms with Crippen LogP contribution >= 0.6 is 0 Å². The number of benzene rings is 2. The third kappa shape index (κ3) is 3.89. The molecule has 4 aromatic rings. The van der Waals surface area contributed by atoms with Crippen LogP contribution in [0.15, 0.2) is 60.7 Å². The van der Waals surface area contributed by atoms with Crippen molar-refractivity contribution in [1.29, 1.82) is 0 Å². The van der Waals surface area contributed by atoms with Crippen molar-refractivity contribution in [3.05, 3.63) is 71.9 Å². The number of nitrogens with zero attached hydrogens (tertiary/aromatic N) is 3. The molecule has 30 heavy (non-hydrogen) atoms.